The highest BCUT2D eigenvalue weighted by molar-refractivity contribution is 6.08. The first-order valence-corrected chi connectivity index (χ1v) is 14.2. The molecule has 4 N–H and O–H groups in total. The fourth-order valence-electron chi connectivity index (χ4n) is 4.37. The standard InChI is InChI=1S/C28H20F2N12O8/c29-15-9-13(27(45)46)19(31-25(43)17-3-5-23-33-37-39-41(23)35-17)11-21(15)49-7-1-2-8-50-22-12-20(14(28(47)48)10-16(22)30)32-26(44)18-4-6-24-34-38-40-42(24)36-18/h3-6,9-12H,1-2,7-8H2,(H,31,43)(H,32,44)(H,45,46)(H,47,48). The molecule has 0 atom stereocenters. The average molecular weight is 691 g/mol. The number of unbranched alkanes of at least 4 members (excludes halogenated alkanes) is 1. The Kier molecular flexibility index (Phi) is 9.05. The third-order valence-electron chi connectivity index (χ3n) is 6.76. The molecule has 0 aliphatic heterocycles. The fourth-order valence-corrected chi connectivity index (χ4v) is 4.37. The van der Waals surface area contributed by atoms with Gasteiger partial charge in [-0.25, -0.2) is 18.4 Å². The molecular weight excluding hydrogens is 670 g/mol. The highest BCUT2D eigenvalue weighted by atomic mass is 19.1. The maximum Gasteiger partial charge on any atom is 0.337 e. The Morgan fingerprint density at radius 2 is 1.08 bits per heavy atom. The van der Waals surface area contributed by atoms with Crippen LogP contribution in [-0.4, -0.2) is 97.7 Å². The Balaban J connectivity index is 1.06. The Bertz CT molecular complexity index is 2140. The largest absolute Gasteiger partial charge is 0.490 e. The molecule has 20 nitrogen and oxygen atoms in total. The fraction of sp³-hybridized carbons (Fsp3) is 0.143. The highest BCUT2D eigenvalue weighted by Gasteiger charge is 2.21. The van der Waals surface area contributed by atoms with Crippen molar-refractivity contribution in [2.75, 3.05) is 23.8 Å². The maximum atomic E-state index is 14.7. The van der Waals surface area contributed by atoms with Crippen LogP contribution in [0.15, 0.2) is 48.5 Å². The summed E-state index contributed by atoms with van der Waals surface area (Å²) in [4.78, 5) is 49.0. The minimum Gasteiger partial charge on any atom is -0.490 e. The van der Waals surface area contributed by atoms with E-state index in [1.54, 1.807) is 0 Å². The van der Waals surface area contributed by atoms with E-state index in [2.05, 4.69) is 51.9 Å². The van der Waals surface area contributed by atoms with Crippen molar-refractivity contribution >= 4 is 46.4 Å². The predicted octanol–water partition coefficient (Wildman–Crippen LogP) is 1.77. The second-order valence-electron chi connectivity index (χ2n) is 10.1. The summed E-state index contributed by atoms with van der Waals surface area (Å²) < 4.78 is 42.4. The molecule has 50 heavy (non-hydrogen) atoms. The lowest BCUT2D eigenvalue weighted by Crippen LogP contribution is -2.18. The number of aromatic carboxylic acids is 2. The van der Waals surface area contributed by atoms with Crippen molar-refractivity contribution in [3.63, 3.8) is 0 Å². The molecule has 0 aliphatic carbocycles. The van der Waals surface area contributed by atoms with Gasteiger partial charge in [-0.2, -0.15) is 0 Å². The zero-order valence-electron chi connectivity index (χ0n) is 25.0. The van der Waals surface area contributed by atoms with Crippen LogP contribution in [0.4, 0.5) is 20.2 Å². The normalized spacial score (nSPS) is 11.0. The number of aromatic nitrogens is 10. The van der Waals surface area contributed by atoms with Crippen molar-refractivity contribution in [1.82, 2.24) is 50.5 Å². The van der Waals surface area contributed by atoms with E-state index in [1.807, 2.05) is 0 Å². The molecule has 4 aromatic heterocycles. The molecule has 6 aromatic rings. The van der Waals surface area contributed by atoms with Gasteiger partial charge >= 0.3 is 11.9 Å². The van der Waals surface area contributed by atoms with Crippen molar-refractivity contribution in [2.24, 2.45) is 0 Å². The zero-order chi connectivity index (χ0) is 35.4. The van der Waals surface area contributed by atoms with E-state index in [4.69, 9.17) is 9.47 Å². The van der Waals surface area contributed by atoms with Crippen molar-refractivity contribution in [3.8, 4) is 11.5 Å². The first-order chi connectivity index (χ1) is 24.1. The molecule has 2 amide bonds. The first-order valence-electron chi connectivity index (χ1n) is 14.2. The van der Waals surface area contributed by atoms with Crippen LogP contribution in [-0.2, 0) is 0 Å². The molecule has 22 heteroatoms. The minimum atomic E-state index is -1.51. The van der Waals surface area contributed by atoms with Gasteiger partial charge < -0.3 is 30.3 Å². The summed E-state index contributed by atoms with van der Waals surface area (Å²) in [6, 6.07) is 8.84. The number of nitrogens with one attached hydrogen (secondary N) is 2. The number of amides is 2. The summed E-state index contributed by atoms with van der Waals surface area (Å²) in [5.41, 5.74) is -1.41. The van der Waals surface area contributed by atoms with Gasteiger partial charge in [0.15, 0.2) is 45.8 Å². The minimum absolute atomic E-state index is 0.0992. The average Bonchev–Trinajstić information content (AvgIpc) is 3.77. The van der Waals surface area contributed by atoms with E-state index < -0.39 is 46.5 Å². The Morgan fingerprint density at radius 1 is 0.660 bits per heavy atom. The first kappa shape index (κ1) is 32.7. The van der Waals surface area contributed by atoms with Gasteiger partial charge in [-0.1, -0.05) is 0 Å². The molecule has 254 valence electrons. The van der Waals surface area contributed by atoms with Crippen LogP contribution in [0.2, 0.25) is 0 Å². The molecule has 0 fully saturated rings. The number of carbonyl (C=O) groups is 4. The molecular formula is C28H20F2N12O8. The van der Waals surface area contributed by atoms with Gasteiger partial charge in [-0.3, -0.25) is 9.59 Å². The third kappa shape index (κ3) is 7.02. The van der Waals surface area contributed by atoms with E-state index in [1.165, 1.54) is 24.3 Å². The second kappa shape index (κ2) is 13.8. The number of carboxylic acid groups (broad SMARTS) is 2. The molecule has 0 radical (unpaired) electrons. The van der Waals surface area contributed by atoms with Crippen LogP contribution >= 0.6 is 0 Å². The van der Waals surface area contributed by atoms with Crippen molar-refractivity contribution < 1.29 is 47.6 Å². The van der Waals surface area contributed by atoms with Gasteiger partial charge in [0, 0.05) is 12.1 Å². The molecule has 4 heterocycles. The quantitative estimate of drug-likeness (QED) is 0.126. The number of benzene rings is 2. The van der Waals surface area contributed by atoms with Crippen molar-refractivity contribution in [1.29, 1.82) is 0 Å². The predicted molar refractivity (Wildman–Crippen MR) is 160 cm³/mol. The number of hydrogen-bond acceptors (Lipinski definition) is 14. The van der Waals surface area contributed by atoms with Crippen LogP contribution in [0.1, 0.15) is 54.5 Å². The molecule has 0 saturated carbocycles. The van der Waals surface area contributed by atoms with Gasteiger partial charge in [0.1, 0.15) is 0 Å². The van der Waals surface area contributed by atoms with E-state index in [9.17, 15) is 38.2 Å². The molecule has 0 unspecified atom stereocenters. The lowest BCUT2D eigenvalue weighted by atomic mass is 10.1. The highest BCUT2D eigenvalue weighted by Crippen LogP contribution is 2.29. The molecule has 0 spiro atoms. The smallest absolute Gasteiger partial charge is 0.337 e. The number of fused-ring (bicyclic) bond motifs is 2. The number of hydrogen-bond donors (Lipinski definition) is 4. The molecule has 6 rings (SSSR count). The number of carbonyl (C=O) groups excluding carboxylic acids is 2. The topological polar surface area (TPSA) is 263 Å². The monoisotopic (exact) mass is 690 g/mol. The van der Waals surface area contributed by atoms with E-state index >= 15 is 0 Å². The van der Waals surface area contributed by atoms with Gasteiger partial charge in [-0.15, -0.1) is 29.7 Å². The number of tetrazole rings is 2. The molecule has 2 aromatic carbocycles. The summed E-state index contributed by atoms with van der Waals surface area (Å²) in [6.07, 6.45) is 0.475. The summed E-state index contributed by atoms with van der Waals surface area (Å²) >= 11 is 0. The van der Waals surface area contributed by atoms with Crippen LogP contribution in [0, 0.1) is 11.6 Å². The summed E-state index contributed by atoms with van der Waals surface area (Å²) in [5.74, 6) is -7.41. The van der Waals surface area contributed by atoms with Crippen LogP contribution in [0.25, 0.3) is 11.3 Å². The van der Waals surface area contributed by atoms with Gasteiger partial charge in [0.2, 0.25) is 0 Å². The number of halogens is 2. The van der Waals surface area contributed by atoms with Gasteiger partial charge in [-0.05, 0) is 70.1 Å². The SMILES string of the molecule is O=C(Nc1cc(OCCCCOc2cc(NC(=O)c3ccc4nnnn4n3)c(C(=O)O)cc2F)c(F)cc1C(=O)O)c1ccc2nnnn2n1. The van der Waals surface area contributed by atoms with E-state index in [-0.39, 0.29) is 71.6 Å². The molecule has 0 aliphatic rings. The zero-order valence-corrected chi connectivity index (χ0v) is 25.0. The Morgan fingerprint density at radius 3 is 1.48 bits per heavy atom. The second-order valence-corrected chi connectivity index (χ2v) is 10.1. The van der Waals surface area contributed by atoms with Gasteiger partial charge in [0.25, 0.3) is 11.8 Å². The number of anilines is 2. The number of nitrogens with zero attached hydrogens (tertiary/aromatic N) is 10. The van der Waals surface area contributed by atoms with E-state index in [0.29, 0.717) is 12.1 Å². The molecule has 0 saturated heterocycles. The van der Waals surface area contributed by atoms with Crippen molar-refractivity contribution in [2.45, 2.75) is 12.8 Å². The number of rotatable bonds is 13. The van der Waals surface area contributed by atoms with Crippen LogP contribution in [0.3, 0.4) is 0 Å². The lowest BCUT2D eigenvalue weighted by molar-refractivity contribution is 0.0686. The number of ether oxygens (including phenoxy) is 2. The Labute approximate surface area is 275 Å². The summed E-state index contributed by atoms with van der Waals surface area (Å²) in [7, 11) is 0. The molecule has 0 bridgehead atoms. The van der Waals surface area contributed by atoms with Crippen LogP contribution < -0.4 is 20.1 Å². The van der Waals surface area contributed by atoms with E-state index in [0.717, 1.165) is 21.4 Å². The number of carboxylic acids is 2. The lowest BCUT2D eigenvalue weighted by Gasteiger charge is -2.14. The van der Waals surface area contributed by atoms with Crippen molar-refractivity contribution in [3.05, 3.63) is 82.7 Å². The van der Waals surface area contributed by atoms with Gasteiger partial charge in [0.05, 0.1) is 35.7 Å². The third-order valence-corrected chi connectivity index (χ3v) is 6.76. The summed E-state index contributed by atoms with van der Waals surface area (Å²) in [5, 5.41) is 53.0. The maximum absolute atomic E-state index is 14.7. The summed E-state index contributed by atoms with van der Waals surface area (Å²) in [6.45, 7) is -0.198. The Hall–Kier alpha value is -7.26. The van der Waals surface area contributed by atoms with Crippen LogP contribution in [0.5, 0.6) is 11.5 Å².